The molecule has 1 aromatic rings. The van der Waals surface area contributed by atoms with Gasteiger partial charge in [0, 0.05) is 17.5 Å². The van der Waals surface area contributed by atoms with Crippen LogP contribution in [0.5, 0.6) is 0 Å². The number of esters is 1. The number of rotatable bonds is 2. The third-order valence-electron chi connectivity index (χ3n) is 3.45. The van der Waals surface area contributed by atoms with Crippen LogP contribution in [0.25, 0.3) is 0 Å². The molecule has 21 heavy (non-hydrogen) atoms. The van der Waals surface area contributed by atoms with E-state index in [2.05, 4.69) is 24.1 Å². The molecule has 7 nitrogen and oxygen atoms in total. The Balaban J connectivity index is 2.59. The van der Waals surface area contributed by atoms with E-state index in [0.29, 0.717) is 29.9 Å². The van der Waals surface area contributed by atoms with Gasteiger partial charge in [0.15, 0.2) is 0 Å². The maximum absolute atomic E-state index is 11.8. The Kier molecular flexibility index (Phi) is 3.76. The van der Waals surface area contributed by atoms with E-state index in [1.165, 1.54) is 7.11 Å². The van der Waals surface area contributed by atoms with E-state index in [4.69, 9.17) is 20.6 Å². The predicted octanol–water partition coefficient (Wildman–Crippen LogP) is 1.32. The summed E-state index contributed by atoms with van der Waals surface area (Å²) in [6.45, 7) is 5.99. The molecule has 1 heterocycles. The first-order valence-corrected chi connectivity index (χ1v) is 6.61. The van der Waals surface area contributed by atoms with E-state index in [1.807, 2.05) is 0 Å². The summed E-state index contributed by atoms with van der Waals surface area (Å²) in [5, 5.41) is 7.85. The molecular formula is C14H20N4O3. The van der Waals surface area contributed by atoms with E-state index in [0.717, 1.165) is 5.56 Å². The number of guanidine groups is 1. The van der Waals surface area contributed by atoms with Crippen LogP contribution in [0.2, 0.25) is 0 Å². The van der Waals surface area contributed by atoms with Gasteiger partial charge in [-0.2, -0.15) is 5.10 Å². The fraction of sp³-hybridized carbons (Fsp3) is 0.500. The van der Waals surface area contributed by atoms with Crippen LogP contribution in [0.15, 0.2) is 14.6 Å². The zero-order valence-corrected chi connectivity index (χ0v) is 12.7. The molecule has 0 amide bonds. The molecule has 1 aliphatic carbocycles. The standard InChI is InChI=1S/C14H20N4O3/c1-7-10-8(17-18-13(15)16)5-14(2,3)6-9(10)21-11(7)12(19)20-4/h5-6H2,1-4H3,(H4,15,16,18)/b17-8-. The predicted molar refractivity (Wildman–Crippen MR) is 79.2 cm³/mol. The Morgan fingerprint density at radius 2 is 2.00 bits per heavy atom. The van der Waals surface area contributed by atoms with E-state index in [1.54, 1.807) is 6.92 Å². The van der Waals surface area contributed by atoms with Crippen molar-refractivity contribution in [2.75, 3.05) is 7.11 Å². The van der Waals surface area contributed by atoms with Crippen molar-refractivity contribution in [3.63, 3.8) is 0 Å². The highest BCUT2D eigenvalue weighted by atomic mass is 16.5. The van der Waals surface area contributed by atoms with Gasteiger partial charge in [0.25, 0.3) is 0 Å². The van der Waals surface area contributed by atoms with Crippen molar-refractivity contribution in [3.8, 4) is 0 Å². The molecule has 0 radical (unpaired) electrons. The molecule has 1 aromatic heterocycles. The Bertz CT molecular complexity index is 637. The molecule has 0 unspecified atom stereocenters. The van der Waals surface area contributed by atoms with E-state index >= 15 is 0 Å². The molecule has 2 rings (SSSR count). The smallest absolute Gasteiger partial charge is 0.374 e. The second kappa shape index (κ2) is 5.23. The van der Waals surface area contributed by atoms with E-state index in [9.17, 15) is 4.79 Å². The molecule has 0 saturated carbocycles. The number of carbonyl (C=O) groups is 1. The lowest BCUT2D eigenvalue weighted by molar-refractivity contribution is 0.0560. The van der Waals surface area contributed by atoms with Gasteiger partial charge < -0.3 is 20.6 Å². The quantitative estimate of drug-likeness (QED) is 0.369. The fourth-order valence-electron chi connectivity index (χ4n) is 2.61. The van der Waals surface area contributed by atoms with Gasteiger partial charge >= 0.3 is 5.97 Å². The van der Waals surface area contributed by atoms with Crippen molar-refractivity contribution in [1.29, 1.82) is 0 Å². The summed E-state index contributed by atoms with van der Waals surface area (Å²) in [6.07, 6.45) is 1.40. The average molecular weight is 292 g/mol. The molecular weight excluding hydrogens is 272 g/mol. The second-order valence-electron chi connectivity index (χ2n) is 5.94. The Hall–Kier alpha value is -2.31. The van der Waals surface area contributed by atoms with E-state index in [-0.39, 0.29) is 17.1 Å². The number of nitrogens with zero attached hydrogens (tertiary/aromatic N) is 2. The summed E-state index contributed by atoms with van der Waals surface area (Å²) in [4.78, 5) is 11.8. The van der Waals surface area contributed by atoms with Gasteiger partial charge in [-0.05, 0) is 18.8 Å². The summed E-state index contributed by atoms with van der Waals surface area (Å²) in [5.41, 5.74) is 12.8. The molecule has 114 valence electrons. The van der Waals surface area contributed by atoms with Crippen LogP contribution in [0.4, 0.5) is 0 Å². The molecule has 4 N–H and O–H groups in total. The van der Waals surface area contributed by atoms with Crippen molar-refractivity contribution >= 4 is 17.6 Å². The van der Waals surface area contributed by atoms with Crippen molar-refractivity contribution in [2.24, 2.45) is 27.1 Å². The van der Waals surface area contributed by atoms with Crippen molar-refractivity contribution in [1.82, 2.24) is 0 Å². The minimum absolute atomic E-state index is 0.0532. The number of hydrogen-bond acceptors (Lipinski definition) is 5. The van der Waals surface area contributed by atoms with E-state index < -0.39 is 5.97 Å². The third kappa shape index (κ3) is 2.91. The number of nitrogens with two attached hydrogens (primary N) is 2. The summed E-state index contributed by atoms with van der Waals surface area (Å²) >= 11 is 0. The minimum atomic E-state index is -0.499. The topological polar surface area (TPSA) is 116 Å². The Labute approximate surface area is 123 Å². The number of ether oxygens (including phenoxy) is 1. The van der Waals surface area contributed by atoms with Crippen LogP contribution in [-0.2, 0) is 11.2 Å². The highest BCUT2D eigenvalue weighted by molar-refractivity contribution is 6.06. The SMILES string of the molecule is COC(=O)c1oc2c(c1C)/C(=N\N=C(N)N)CC(C)(C)C2. The monoisotopic (exact) mass is 292 g/mol. The molecule has 0 spiro atoms. The Morgan fingerprint density at radius 3 is 2.57 bits per heavy atom. The first kappa shape index (κ1) is 15.1. The third-order valence-corrected chi connectivity index (χ3v) is 3.45. The zero-order chi connectivity index (χ0) is 15.8. The average Bonchev–Trinajstić information content (AvgIpc) is 2.70. The first-order valence-electron chi connectivity index (χ1n) is 6.61. The molecule has 7 heteroatoms. The number of hydrogen-bond donors (Lipinski definition) is 2. The lowest BCUT2D eigenvalue weighted by Crippen LogP contribution is -2.27. The lowest BCUT2D eigenvalue weighted by atomic mass is 9.75. The van der Waals surface area contributed by atoms with Gasteiger partial charge in [0.1, 0.15) is 5.76 Å². The normalized spacial score (nSPS) is 18.2. The Morgan fingerprint density at radius 1 is 1.33 bits per heavy atom. The van der Waals surface area contributed by atoms with Gasteiger partial charge in [0.2, 0.25) is 11.7 Å². The molecule has 0 fully saturated rings. The van der Waals surface area contributed by atoms with Crippen LogP contribution >= 0.6 is 0 Å². The summed E-state index contributed by atoms with van der Waals surface area (Å²) in [5.74, 6) is 0.314. The molecule has 0 atom stereocenters. The maximum atomic E-state index is 11.8. The van der Waals surface area contributed by atoms with Crippen molar-refractivity contribution in [2.45, 2.75) is 33.6 Å². The minimum Gasteiger partial charge on any atom is -0.463 e. The zero-order valence-electron chi connectivity index (χ0n) is 12.7. The van der Waals surface area contributed by atoms with Gasteiger partial charge in [0.05, 0.1) is 12.8 Å². The molecule has 0 saturated heterocycles. The van der Waals surface area contributed by atoms with Crippen molar-refractivity contribution in [3.05, 3.63) is 22.6 Å². The highest BCUT2D eigenvalue weighted by Crippen LogP contribution is 2.39. The molecule has 1 aliphatic rings. The van der Waals surface area contributed by atoms with Gasteiger partial charge in [-0.3, -0.25) is 0 Å². The maximum Gasteiger partial charge on any atom is 0.374 e. The number of fused-ring (bicyclic) bond motifs is 1. The van der Waals surface area contributed by atoms with Crippen molar-refractivity contribution < 1.29 is 13.9 Å². The lowest BCUT2D eigenvalue weighted by Gasteiger charge is -2.29. The molecule has 0 bridgehead atoms. The van der Waals surface area contributed by atoms with Gasteiger partial charge in [-0.25, -0.2) is 4.79 Å². The first-order chi connectivity index (χ1) is 9.75. The van der Waals surface area contributed by atoms with Crippen LogP contribution in [0.3, 0.4) is 0 Å². The number of furan rings is 1. The number of methoxy groups -OCH3 is 1. The second-order valence-corrected chi connectivity index (χ2v) is 5.94. The largest absolute Gasteiger partial charge is 0.463 e. The van der Waals surface area contributed by atoms with Crippen LogP contribution < -0.4 is 11.5 Å². The molecule has 0 aliphatic heterocycles. The van der Waals surface area contributed by atoms with Crippen LogP contribution in [0, 0.1) is 12.3 Å². The highest BCUT2D eigenvalue weighted by Gasteiger charge is 2.36. The van der Waals surface area contributed by atoms with Crippen LogP contribution in [-0.4, -0.2) is 24.8 Å². The molecule has 0 aromatic carbocycles. The van der Waals surface area contributed by atoms with Gasteiger partial charge in [-0.15, -0.1) is 5.10 Å². The van der Waals surface area contributed by atoms with Gasteiger partial charge in [-0.1, -0.05) is 13.8 Å². The fourth-order valence-corrected chi connectivity index (χ4v) is 2.61. The summed E-state index contributed by atoms with van der Waals surface area (Å²) in [7, 11) is 1.32. The summed E-state index contributed by atoms with van der Waals surface area (Å²) in [6, 6.07) is 0. The number of carbonyl (C=O) groups excluding carboxylic acids is 1. The summed E-state index contributed by atoms with van der Waals surface area (Å²) < 4.78 is 10.4. The van der Waals surface area contributed by atoms with Crippen LogP contribution in [0.1, 0.15) is 47.7 Å².